The average Bonchev–Trinajstić information content (AvgIpc) is 2.73. The number of sulfone groups is 1. The van der Waals surface area contributed by atoms with Gasteiger partial charge in [0.15, 0.2) is 9.84 Å². The van der Waals surface area contributed by atoms with E-state index in [1.165, 1.54) is 0 Å². The molecule has 150 valence electrons. The molecule has 4 heteroatoms. The maximum absolute atomic E-state index is 12.8. The van der Waals surface area contributed by atoms with Crippen molar-refractivity contribution in [1.82, 2.24) is 0 Å². The van der Waals surface area contributed by atoms with Gasteiger partial charge >= 0.3 is 0 Å². The molecule has 3 nitrogen and oxygen atoms in total. The van der Waals surface area contributed by atoms with Gasteiger partial charge in [-0.2, -0.15) is 0 Å². The van der Waals surface area contributed by atoms with Crippen molar-refractivity contribution in [1.29, 1.82) is 0 Å². The summed E-state index contributed by atoms with van der Waals surface area (Å²) < 4.78 is 25.5. The molecule has 3 aromatic rings. The smallest absolute Gasteiger partial charge is 0.185 e. The highest BCUT2D eigenvalue weighted by Crippen LogP contribution is 2.29. The van der Waals surface area contributed by atoms with Crippen molar-refractivity contribution in [3.8, 4) is 11.1 Å². The van der Waals surface area contributed by atoms with Gasteiger partial charge in [-0.25, -0.2) is 8.42 Å². The van der Waals surface area contributed by atoms with Gasteiger partial charge < -0.3 is 0 Å². The van der Waals surface area contributed by atoms with Crippen molar-refractivity contribution in [3.05, 3.63) is 90.5 Å². The van der Waals surface area contributed by atoms with Crippen LogP contribution in [0.15, 0.2) is 89.8 Å². The summed E-state index contributed by atoms with van der Waals surface area (Å²) in [6.45, 7) is 4.11. The minimum Gasteiger partial charge on any atom is -0.299 e. The molecule has 0 saturated carbocycles. The molecular weight excluding hydrogens is 380 g/mol. The number of rotatable bonds is 8. The molecule has 0 radical (unpaired) electrons. The standard InChI is InChI=1S/C25H26O3S/c1-19(2)25(22-11-7-4-8-12-22)17-23(26)18-29(27,28)24-15-13-21(14-16-24)20-9-5-3-6-10-20/h3-16,19,25H,17-18H2,1-2H3. The van der Waals surface area contributed by atoms with Crippen LogP contribution >= 0.6 is 0 Å². The van der Waals surface area contributed by atoms with Crippen LogP contribution < -0.4 is 0 Å². The largest absolute Gasteiger partial charge is 0.299 e. The van der Waals surface area contributed by atoms with Crippen molar-refractivity contribution in [3.63, 3.8) is 0 Å². The third kappa shape index (κ3) is 5.42. The first-order valence-electron chi connectivity index (χ1n) is 9.82. The molecule has 0 bridgehead atoms. The second-order valence-corrected chi connectivity index (χ2v) is 9.64. The van der Waals surface area contributed by atoms with Gasteiger partial charge in [0.25, 0.3) is 0 Å². The Morgan fingerprint density at radius 3 is 1.83 bits per heavy atom. The van der Waals surface area contributed by atoms with Crippen molar-refractivity contribution in [2.75, 3.05) is 5.75 Å². The lowest BCUT2D eigenvalue weighted by Crippen LogP contribution is -2.20. The molecule has 3 rings (SSSR count). The van der Waals surface area contributed by atoms with Gasteiger partial charge in [-0.15, -0.1) is 0 Å². The highest BCUT2D eigenvalue weighted by Gasteiger charge is 2.24. The van der Waals surface area contributed by atoms with E-state index in [1.807, 2.05) is 60.7 Å². The van der Waals surface area contributed by atoms with E-state index in [0.717, 1.165) is 16.7 Å². The average molecular weight is 407 g/mol. The quantitative estimate of drug-likeness (QED) is 0.494. The van der Waals surface area contributed by atoms with E-state index in [2.05, 4.69) is 13.8 Å². The molecular formula is C25H26O3S. The Bertz CT molecular complexity index is 1040. The van der Waals surface area contributed by atoms with Crippen LogP contribution in [0.4, 0.5) is 0 Å². The molecule has 1 atom stereocenters. The lowest BCUT2D eigenvalue weighted by atomic mass is 9.85. The lowest BCUT2D eigenvalue weighted by molar-refractivity contribution is -0.117. The molecule has 3 aromatic carbocycles. The lowest BCUT2D eigenvalue weighted by Gasteiger charge is -2.20. The molecule has 0 aliphatic rings. The van der Waals surface area contributed by atoms with E-state index in [4.69, 9.17) is 0 Å². The number of ketones is 1. The number of hydrogen-bond donors (Lipinski definition) is 0. The van der Waals surface area contributed by atoms with E-state index in [9.17, 15) is 13.2 Å². The van der Waals surface area contributed by atoms with Gasteiger partial charge in [0, 0.05) is 6.42 Å². The fraction of sp³-hybridized carbons (Fsp3) is 0.240. The maximum Gasteiger partial charge on any atom is 0.185 e. The Hall–Kier alpha value is -2.72. The SMILES string of the molecule is CC(C)C(CC(=O)CS(=O)(=O)c1ccc(-c2ccccc2)cc1)c1ccccc1. The summed E-state index contributed by atoms with van der Waals surface area (Å²) in [4.78, 5) is 12.8. The van der Waals surface area contributed by atoms with Crippen molar-refractivity contribution in [2.24, 2.45) is 5.92 Å². The molecule has 29 heavy (non-hydrogen) atoms. The molecule has 0 heterocycles. The van der Waals surface area contributed by atoms with Crippen molar-refractivity contribution < 1.29 is 13.2 Å². The predicted molar refractivity (Wildman–Crippen MR) is 118 cm³/mol. The Balaban J connectivity index is 1.72. The fourth-order valence-electron chi connectivity index (χ4n) is 3.52. The predicted octanol–water partition coefficient (Wildman–Crippen LogP) is 5.53. The monoisotopic (exact) mass is 406 g/mol. The summed E-state index contributed by atoms with van der Waals surface area (Å²) in [5.74, 6) is -0.457. The minimum absolute atomic E-state index is 0.0133. The third-order valence-corrected chi connectivity index (χ3v) is 6.84. The zero-order valence-corrected chi connectivity index (χ0v) is 17.6. The molecule has 0 fully saturated rings. The minimum atomic E-state index is -3.66. The van der Waals surface area contributed by atoms with E-state index in [1.54, 1.807) is 24.3 Å². The van der Waals surface area contributed by atoms with Crippen LogP contribution in [0, 0.1) is 5.92 Å². The van der Waals surface area contributed by atoms with Gasteiger partial charge in [0.2, 0.25) is 0 Å². The molecule has 0 amide bonds. The van der Waals surface area contributed by atoms with Crippen molar-refractivity contribution in [2.45, 2.75) is 31.1 Å². The first kappa shape index (κ1) is 21.0. The number of carbonyl (C=O) groups excluding carboxylic acids is 1. The molecule has 0 N–H and O–H groups in total. The van der Waals surface area contributed by atoms with Crippen LogP contribution in [-0.2, 0) is 14.6 Å². The van der Waals surface area contributed by atoms with E-state index in [0.29, 0.717) is 0 Å². The normalized spacial score (nSPS) is 12.7. The Morgan fingerprint density at radius 1 is 0.759 bits per heavy atom. The molecule has 0 saturated heterocycles. The van der Waals surface area contributed by atoms with Crippen LogP contribution in [0.3, 0.4) is 0 Å². The first-order chi connectivity index (χ1) is 13.9. The van der Waals surface area contributed by atoms with Crippen LogP contribution in [0.1, 0.15) is 31.7 Å². The van der Waals surface area contributed by atoms with E-state index < -0.39 is 15.6 Å². The maximum atomic E-state index is 12.8. The second kappa shape index (κ2) is 9.19. The van der Waals surface area contributed by atoms with Gasteiger partial charge in [0.05, 0.1) is 4.90 Å². The molecule has 0 spiro atoms. The van der Waals surface area contributed by atoms with Gasteiger partial charge in [-0.05, 0) is 40.7 Å². The number of hydrogen-bond acceptors (Lipinski definition) is 3. The molecule has 0 aliphatic carbocycles. The number of benzene rings is 3. The van der Waals surface area contributed by atoms with E-state index in [-0.39, 0.29) is 28.9 Å². The molecule has 0 aliphatic heterocycles. The zero-order chi connectivity index (χ0) is 20.9. The van der Waals surface area contributed by atoms with E-state index >= 15 is 0 Å². The highest BCUT2D eigenvalue weighted by atomic mass is 32.2. The summed E-state index contributed by atoms with van der Waals surface area (Å²) in [5.41, 5.74) is 3.04. The second-order valence-electron chi connectivity index (χ2n) is 7.65. The van der Waals surface area contributed by atoms with Gasteiger partial charge in [-0.3, -0.25) is 4.79 Å². The fourth-order valence-corrected chi connectivity index (χ4v) is 4.78. The molecule has 0 aromatic heterocycles. The summed E-state index contributed by atoms with van der Waals surface area (Å²) in [7, 11) is -3.66. The molecule has 1 unspecified atom stereocenters. The Morgan fingerprint density at radius 2 is 1.28 bits per heavy atom. The van der Waals surface area contributed by atoms with Gasteiger partial charge in [0.1, 0.15) is 11.5 Å². The van der Waals surface area contributed by atoms with Crippen LogP contribution in [0.2, 0.25) is 0 Å². The Labute approximate surface area is 173 Å². The number of Topliss-reactive ketones (excluding diaryl/α,β-unsaturated/α-hetero) is 1. The van der Waals surface area contributed by atoms with Crippen LogP contribution in [0.25, 0.3) is 11.1 Å². The first-order valence-corrected chi connectivity index (χ1v) is 11.5. The van der Waals surface area contributed by atoms with Crippen molar-refractivity contribution >= 4 is 15.6 Å². The van der Waals surface area contributed by atoms with Crippen LogP contribution in [0.5, 0.6) is 0 Å². The number of carbonyl (C=O) groups is 1. The van der Waals surface area contributed by atoms with Crippen LogP contribution in [-0.4, -0.2) is 20.0 Å². The highest BCUT2D eigenvalue weighted by molar-refractivity contribution is 7.92. The summed E-state index contributed by atoms with van der Waals surface area (Å²) in [6, 6.07) is 26.3. The topological polar surface area (TPSA) is 51.2 Å². The summed E-state index contributed by atoms with van der Waals surface area (Å²) in [6.07, 6.45) is 0.225. The Kier molecular flexibility index (Phi) is 6.65. The third-order valence-electron chi connectivity index (χ3n) is 5.15. The summed E-state index contributed by atoms with van der Waals surface area (Å²) >= 11 is 0. The summed E-state index contributed by atoms with van der Waals surface area (Å²) in [5, 5.41) is 0. The zero-order valence-electron chi connectivity index (χ0n) is 16.8. The van der Waals surface area contributed by atoms with Gasteiger partial charge in [-0.1, -0.05) is 86.6 Å².